The van der Waals surface area contributed by atoms with Gasteiger partial charge in [0.25, 0.3) is 11.9 Å². The molecule has 0 radical (unpaired) electrons. The fourth-order valence-electron chi connectivity index (χ4n) is 3.37. The van der Waals surface area contributed by atoms with Crippen LogP contribution >= 0.6 is 0 Å². The number of halogens is 2. The van der Waals surface area contributed by atoms with Crippen molar-refractivity contribution in [2.45, 2.75) is 26.0 Å². The lowest BCUT2D eigenvalue weighted by Crippen LogP contribution is -2.51. The van der Waals surface area contributed by atoms with Crippen LogP contribution in [0.1, 0.15) is 19.5 Å². The maximum atomic E-state index is 13.8. The normalized spacial score (nSPS) is 17.9. The zero-order valence-electron chi connectivity index (χ0n) is 17.2. The van der Waals surface area contributed by atoms with Gasteiger partial charge in [0.05, 0.1) is 17.4 Å². The van der Waals surface area contributed by atoms with Gasteiger partial charge in [-0.3, -0.25) is 9.69 Å². The summed E-state index contributed by atoms with van der Waals surface area (Å²) >= 11 is 0. The van der Waals surface area contributed by atoms with E-state index in [1.54, 1.807) is 12.3 Å². The Morgan fingerprint density at radius 1 is 1.32 bits per heavy atom. The fraction of sp³-hybridized carbons (Fsp3) is 0.421. The molecule has 1 atom stereocenters. The number of likely N-dealkylation sites (N-methyl/N-ethyl adjacent to an activating group) is 1. The summed E-state index contributed by atoms with van der Waals surface area (Å²) in [6.45, 7) is 3.64. The summed E-state index contributed by atoms with van der Waals surface area (Å²) in [7, 11) is 1.82. The minimum Gasteiger partial charge on any atom is -0.377 e. The molecule has 0 saturated carbocycles. The molecule has 0 spiro atoms. The van der Waals surface area contributed by atoms with Gasteiger partial charge in [-0.25, -0.2) is 15.0 Å². The molecule has 0 bridgehead atoms. The van der Waals surface area contributed by atoms with Crippen molar-refractivity contribution in [3.05, 3.63) is 30.2 Å². The van der Waals surface area contributed by atoms with E-state index in [-0.39, 0.29) is 17.7 Å². The Kier molecular flexibility index (Phi) is 5.27. The SMILES string of the molecule is CC(=O)Nc1cc2c(cn1)c(N1CCN(C)C(O)C1)nn2-c1nccc(C(C)(F)F)n1. The molecule has 1 aliphatic rings. The van der Waals surface area contributed by atoms with E-state index in [0.717, 1.165) is 13.0 Å². The lowest BCUT2D eigenvalue weighted by atomic mass is 10.2. The average Bonchev–Trinajstić information content (AvgIpc) is 3.08. The molecule has 31 heavy (non-hydrogen) atoms. The van der Waals surface area contributed by atoms with E-state index in [4.69, 9.17) is 0 Å². The van der Waals surface area contributed by atoms with E-state index in [2.05, 4.69) is 25.4 Å². The molecule has 4 heterocycles. The number of carbonyl (C=O) groups excluding carboxylic acids is 1. The molecular formula is C19H22F2N8O2. The van der Waals surface area contributed by atoms with Crippen molar-refractivity contribution in [3.63, 3.8) is 0 Å². The lowest BCUT2D eigenvalue weighted by Gasteiger charge is -2.36. The number of aromatic nitrogens is 5. The minimum absolute atomic E-state index is 0.0371. The molecule has 1 amide bonds. The van der Waals surface area contributed by atoms with Gasteiger partial charge in [0.2, 0.25) is 5.91 Å². The summed E-state index contributed by atoms with van der Waals surface area (Å²) in [5, 5.41) is 18.0. The smallest absolute Gasteiger partial charge is 0.287 e. The quantitative estimate of drug-likeness (QED) is 0.636. The van der Waals surface area contributed by atoms with Crippen molar-refractivity contribution < 1.29 is 18.7 Å². The van der Waals surface area contributed by atoms with Crippen molar-refractivity contribution >= 4 is 28.4 Å². The van der Waals surface area contributed by atoms with Gasteiger partial charge in [-0.05, 0) is 13.1 Å². The lowest BCUT2D eigenvalue weighted by molar-refractivity contribution is -0.114. The maximum absolute atomic E-state index is 13.8. The van der Waals surface area contributed by atoms with Crippen molar-refractivity contribution in [2.24, 2.45) is 0 Å². The van der Waals surface area contributed by atoms with Gasteiger partial charge in [-0.15, -0.1) is 5.10 Å². The third-order valence-corrected chi connectivity index (χ3v) is 5.05. The number of amides is 1. The second-order valence-electron chi connectivity index (χ2n) is 7.54. The highest BCUT2D eigenvalue weighted by atomic mass is 19.3. The van der Waals surface area contributed by atoms with Crippen molar-refractivity contribution in [1.29, 1.82) is 0 Å². The summed E-state index contributed by atoms with van der Waals surface area (Å²) in [5.74, 6) is -2.69. The number of anilines is 2. The third kappa shape index (κ3) is 4.16. The minimum atomic E-state index is -3.14. The highest BCUT2D eigenvalue weighted by Crippen LogP contribution is 2.31. The molecule has 12 heteroatoms. The topological polar surface area (TPSA) is 112 Å². The molecule has 2 N–H and O–H groups in total. The summed E-state index contributed by atoms with van der Waals surface area (Å²) in [4.78, 5) is 27.5. The van der Waals surface area contributed by atoms with Crippen LogP contribution in [0.5, 0.6) is 0 Å². The van der Waals surface area contributed by atoms with Crippen LogP contribution in [0.2, 0.25) is 0 Å². The zero-order valence-corrected chi connectivity index (χ0v) is 17.2. The number of piperazine rings is 1. The predicted octanol–water partition coefficient (Wildman–Crippen LogP) is 1.35. The number of nitrogens with zero attached hydrogens (tertiary/aromatic N) is 7. The highest BCUT2D eigenvalue weighted by molar-refractivity contribution is 5.95. The van der Waals surface area contributed by atoms with Crippen molar-refractivity contribution in [3.8, 4) is 5.95 Å². The summed E-state index contributed by atoms with van der Waals surface area (Å²) in [5.41, 5.74) is 0.0487. The second-order valence-corrected chi connectivity index (χ2v) is 7.54. The zero-order chi connectivity index (χ0) is 22.3. The molecule has 1 unspecified atom stereocenters. The van der Waals surface area contributed by atoms with Crippen LogP contribution in [0.15, 0.2) is 24.5 Å². The molecular weight excluding hydrogens is 410 g/mol. The molecule has 0 aromatic carbocycles. The van der Waals surface area contributed by atoms with Crippen LogP contribution in [0.4, 0.5) is 20.4 Å². The first kappa shape index (κ1) is 21.0. The van der Waals surface area contributed by atoms with Crippen LogP contribution in [-0.2, 0) is 10.7 Å². The van der Waals surface area contributed by atoms with Gasteiger partial charge in [-0.2, -0.15) is 13.5 Å². The Hall–Kier alpha value is -3.25. The van der Waals surface area contributed by atoms with Gasteiger partial charge in [0.1, 0.15) is 17.7 Å². The van der Waals surface area contributed by atoms with E-state index < -0.39 is 17.8 Å². The summed E-state index contributed by atoms with van der Waals surface area (Å²) < 4.78 is 29.0. The van der Waals surface area contributed by atoms with Crippen LogP contribution < -0.4 is 10.2 Å². The fourth-order valence-corrected chi connectivity index (χ4v) is 3.37. The Bertz CT molecular complexity index is 1130. The van der Waals surface area contributed by atoms with E-state index in [1.807, 2.05) is 16.8 Å². The summed E-state index contributed by atoms with van der Waals surface area (Å²) in [6.07, 6.45) is 2.11. The number of pyridine rings is 1. The molecule has 4 rings (SSSR count). The number of rotatable bonds is 4. The van der Waals surface area contributed by atoms with E-state index in [9.17, 15) is 18.7 Å². The van der Waals surface area contributed by atoms with Gasteiger partial charge in [0, 0.05) is 45.4 Å². The highest BCUT2D eigenvalue weighted by Gasteiger charge is 2.29. The van der Waals surface area contributed by atoms with Crippen molar-refractivity contribution in [1.82, 2.24) is 29.6 Å². The standard InChI is InChI=1S/C19H22F2N8O2/c1-11(30)24-15-8-13-12(9-23-15)17(28-7-6-27(3)16(31)10-28)26-29(13)18-22-5-4-14(25-18)19(2,20)21/h4-5,8-9,16,31H,6-7,10H2,1-3H3,(H,23,24,30). The number of aliphatic hydroxyl groups excluding tert-OH is 1. The van der Waals surface area contributed by atoms with Crippen LogP contribution in [0, 0.1) is 0 Å². The Labute approximate surface area is 176 Å². The molecule has 164 valence electrons. The van der Waals surface area contributed by atoms with Crippen LogP contribution in [0.3, 0.4) is 0 Å². The number of alkyl halides is 2. The first-order valence-corrected chi connectivity index (χ1v) is 9.65. The van der Waals surface area contributed by atoms with E-state index in [1.165, 1.54) is 17.8 Å². The molecule has 1 aliphatic heterocycles. The van der Waals surface area contributed by atoms with Gasteiger partial charge in [0.15, 0.2) is 5.82 Å². The number of fused-ring (bicyclic) bond motifs is 1. The molecule has 3 aromatic heterocycles. The third-order valence-electron chi connectivity index (χ3n) is 5.05. The number of carbonyl (C=O) groups is 1. The second kappa shape index (κ2) is 7.78. The van der Waals surface area contributed by atoms with E-state index in [0.29, 0.717) is 36.4 Å². The Balaban J connectivity index is 1.86. The maximum Gasteiger partial charge on any atom is 0.287 e. The first-order chi connectivity index (χ1) is 14.6. The monoisotopic (exact) mass is 432 g/mol. The van der Waals surface area contributed by atoms with Gasteiger partial charge >= 0.3 is 0 Å². The van der Waals surface area contributed by atoms with Gasteiger partial charge < -0.3 is 15.3 Å². The first-order valence-electron chi connectivity index (χ1n) is 9.65. The van der Waals surface area contributed by atoms with Gasteiger partial charge in [-0.1, -0.05) is 0 Å². The van der Waals surface area contributed by atoms with Crippen LogP contribution in [0.25, 0.3) is 16.9 Å². The number of hydrogen-bond donors (Lipinski definition) is 2. The largest absolute Gasteiger partial charge is 0.377 e. The summed E-state index contributed by atoms with van der Waals surface area (Å²) in [6, 6.07) is 2.73. The number of aliphatic hydroxyl groups is 1. The Morgan fingerprint density at radius 2 is 2.10 bits per heavy atom. The number of hydrogen-bond acceptors (Lipinski definition) is 8. The number of nitrogens with one attached hydrogen (secondary N) is 1. The Morgan fingerprint density at radius 3 is 2.77 bits per heavy atom. The number of β-amino-alcohol motifs (C(OH)–C–C–N with tert-alkyl or cyclic N) is 1. The molecule has 10 nitrogen and oxygen atoms in total. The predicted molar refractivity (Wildman–Crippen MR) is 109 cm³/mol. The van der Waals surface area contributed by atoms with E-state index >= 15 is 0 Å². The van der Waals surface area contributed by atoms with Crippen LogP contribution in [-0.4, -0.2) is 73.6 Å². The average molecular weight is 432 g/mol. The molecule has 1 fully saturated rings. The van der Waals surface area contributed by atoms with Crippen molar-refractivity contribution in [2.75, 3.05) is 36.9 Å². The molecule has 0 aliphatic carbocycles. The molecule has 1 saturated heterocycles. The molecule has 3 aromatic rings.